The maximum atomic E-state index is 14.8. The zero-order chi connectivity index (χ0) is 37.6. The lowest BCUT2D eigenvalue weighted by Gasteiger charge is -2.25. The minimum atomic E-state index is -2.00. The Kier molecular flexibility index (Phi) is 6.15. The zero-order valence-electron chi connectivity index (χ0n) is 32.0. The Morgan fingerprint density at radius 1 is 0.796 bits per heavy atom. The van der Waals surface area contributed by atoms with Gasteiger partial charge in [0.2, 0.25) is 5.69 Å². The van der Waals surface area contributed by atoms with Crippen molar-refractivity contribution in [3.05, 3.63) is 162 Å². The van der Waals surface area contributed by atoms with E-state index in [9.17, 15) is 5.76 Å². The van der Waals surface area contributed by atoms with E-state index >= 15 is 0 Å². The third kappa shape index (κ3) is 4.06. The molecule has 1 unspecified atom stereocenters. The van der Waals surface area contributed by atoms with Gasteiger partial charge < -0.3 is 4.42 Å². The number of halogens is 1. The van der Waals surface area contributed by atoms with Gasteiger partial charge in [0.05, 0.1) is 24.8 Å². The van der Waals surface area contributed by atoms with Crippen LogP contribution in [0.4, 0.5) is 4.39 Å². The van der Waals surface area contributed by atoms with E-state index in [1.165, 1.54) is 39.2 Å². The topological polar surface area (TPSA) is 25.8 Å². The first-order valence-electron chi connectivity index (χ1n) is 19.3. The summed E-state index contributed by atoms with van der Waals surface area (Å²) in [6.45, 7) is 11.8. The van der Waals surface area contributed by atoms with Crippen LogP contribution < -0.4 is 14.3 Å². The van der Waals surface area contributed by atoms with E-state index in [1.54, 1.807) is 0 Å². The highest BCUT2D eigenvalue weighted by Gasteiger charge is 2.67. The molecule has 0 fully saturated rings. The number of rotatable bonds is 4. The molecule has 0 N–H and O–H groups in total. The number of furan rings is 1. The number of pyridine rings is 1. The van der Waals surface area contributed by atoms with Gasteiger partial charge in [-0.15, -0.1) is 4.57 Å². The van der Waals surface area contributed by atoms with E-state index in [4.69, 9.17) is 4.42 Å². The van der Waals surface area contributed by atoms with Gasteiger partial charge >= 0.3 is 11.5 Å². The summed E-state index contributed by atoms with van der Waals surface area (Å²) in [6, 6.07) is 44.4. The minimum Gasteiger partial charge on any atom is -0.455 e. The Morgan fingerprint density at radius 3 is 2.30 bits per heavy atom. The molecule has 0 amide bonds. The second-order valence-corrected chi connectivity index (χ2v) is 21.4. The predicted molar refractivity (Wildman–Crippen MR) is 219 cm³/mol. The summed E-state index contributed by atoms with van der Waals surface area (Å²) in [6.07, 6.45) is 2.40. The Balaban J connectivity index is 1.39. The molecule has 0 saturated carbocycles. The van der Waals surface area contributed by atoms with Crippen LogP contribution in [0.15, 0.2) is 138 Å². The van der Waals surface area contributed by atoms with Crippen molar-refractivity contribution in [3.63, 3.8) is 0 Å². The van der Waals surface area contributed by atoms with Crippen LogP contribution >= 0.6 is 0 Å². The summed E-state index contributed by atoms with van der Waals surface area (Å²) < 4.78 is 38.6. The molecule has 5 heterocycles. The highest BCUT2D eigenvalue weighted by molar-refractivity contribution is 6.89. The average Bonchev–Trinajstić information content (AvgIpc) is 3.86. The van der Waals surface area contributed by atoms with Gasteiger partial charge in [-0.2, -0.15) is 4.57 Å². The Labute approximate surface area is 315 Å². The fraction of sp³-hybridized carbons (Fsp3) is 0.167. The van der Waals surface area contributed by atoms with Crippen LogP contribution in [0.2, 0.25) is 19.6 Å². The van der Waals surface area contributed by atoms with E-state index < -0.39 is 19.6 Å². The molecule has 0 aliphatic carbocycles. The average molecular weight is 723 g/mol. The SMILES string of the molecule is [2H]C(C)(C)c1cc2[n+](cc1[Si](C)(C)C)C1(c3ccccc3-2)c2ccc3c(oc4cc(F)ccc43)c2-c2n1c1cc3ccccc3cc1[n+]2Cc1ccccc1. The second kappa shape index (κ2) is 10.9. The lowest BCUT2D eigenvalue weighted by atomic mass is 9.88. The first-order chi connectivity index (χ1) is 26.4. The highest BCUT2D eigenvalue weighted by Crippen LogP contribution is 2.55. The molecule has 54 heavy (non-hydrogen) atoms. The summed E-state index contributed by atoms with van der Waals surface area (Å²) in [5, 5.41) is 5.48. The molecule has 4 nitrogen and oxygen atoms in total. The third-order valence-corrected chi connectivity index (χ3v) is 13.9. The molecular formula is C48H40FN3OSi+2. The highest BCUT2D eigenvalue weighted by atomic mass is 28.3. The van der Waals surface area contributed by atoms with Crippen molar-refractivity contribution in [1.82, 2.24) is 4.57 Å². The maximum Gasteiger partial charge on any atom is 0.364 e. The Morgan fingerprint density at radius 2 is 1.52 bits per heavy atom. The summed E-state index contributed by atoms with van der Waals surface area (Å²) in [5.41, 5.74) is 10.5. The van der Waals surface area contributed by atoms with Gasteiger partial charge in [-0.25, -0.2) is 8.96 Å². The van der Waals surface area contributed by atoms with Gasteiger partial charge in [-0.1, -0.05) is 100 Å². The van der Waals surface area contributed by atoms with Crippen molar-refractivity contribution in [3.8, 4) is 22.6 Å². The van der Waals surface area contributed by atoms with Crippen molar-refractivity contribution in [2.75, 3.05) is 0 Å². The van der Waals surface area contributed by atoms with Gasteiger partial charge in [0.15, 0.2) is 22.8 Å². The molecule has 1 atom stereocenters. The number of benzene rings is 6. The molecular weight excluding hydrogens is 682 g/mol. The normalized spacial score (nSPS) is 16.4. The van der Waals surface area contributed by atoms with Crippen LogP contribution in [0.1, 0.15) is 43.4 Å². The Bertz CT molecular complexity index is 3110. The molecule has 6 heteroatoms. The van der Waals surface area contributed by atoms with Crippen molar-refractivity contribution < 1.29 is 19.3 Å². The predicted octanol–water partition coefficient (Wildman–Crippen LogP) is 10.4. The van der Waals surface area contributed by atoms with Crippen LogP contribution in [0, 0.1) is 5.82 Å². The van der Waals surface area contributed by atoms with E-state index in [1.807, 2.05) is 19.9 Å². The summed E-state index contributed by atoms with van der Waals surface area (Å²) in [7, 11) is -2.00. The number of imidazole rings is 1. The second-order valence-electron chi connectivity index (χ2n) is 16.4. The monoisotopic (exact) mass is 722 g/mol. The van der Waals surface area contributed by atoms with Crippen molar-refractivity contribution in [2.45, 2.75) is 51.6 Å². The fourth-order valence-corrected chi connectivity index (χ4v) is 11.2. The van der Waals surface area contributed by atoms with Gasteiger partial charge in [0.25, 0.3) is 0 Å². The van der Waals surface area contributed by atoms with E-state index in [0.29, 0.717) is 12.1 Å². The van der Waals surface area contributed by atoms with Crippen LogP contribution in [0.3, 0.4) is 0 Å². The first kappa shape index (κ1) is 30.6. The molecule has 0 radical (unpaired) electrons. The molecule has 2 aliphatic rings. The fourth-order valence-electron chi connectivity index (χ4n) is 9.59. The molecule has 11 rings (SSSR count). The van der Waals surface area contributed by atoms with Crippen LogP contribution in [0.5, 0.6) is 0 Å². The molecule has 0 bridgehead atoms. The van der Waals surface area contributed by atoms with E-state index in [0.717, 1.165) is 61.2 Å². The van der Waals surface area contributed by atoms with Gasteiger partial charge in [-0.3, -0.25) is 0 Å². The minimum absolute atomic E-state index is 0.319. The molecule has 2 aliphatic heterocycles. The molecule has 262 valence electrons. The van der Waals surface area contributed by atoms with Crippen molar-refractivity contribution >= 4 is 57.0 Å². The largest absolute Gasteiger partial charge is 0.455 e. The van der Waals surface area contributed by atoms with Crippen molar-refractivity contribution in [1.29, 1.82) is 0 Å². The third-order valence-electron chi connectivity index (χ3n) is 11.9. The van der Waals surface area contributed by atoms with Crippen LogP contribution in [0.25, 0.3) is 66.4 Å². The van der Waals surface area contributed by atoms with Gasteiger partial charge in [0, 0.05) is 29.5 Å². The molecule has 0 saturated heterocycles. The number of hydrogen-bond acceptors (Lipinski definition) is 1. The first-order valence-corrected chi connectivity index (χ1v) is 22.3. The standard InChI is InChI=1S/C48H40FN3OSi/c1-29(2)37-26-40-36-17-11-12-18-38(36)48(51(40)28-44(37)54(3,4)5)39-22-21-35-34-20-19-33(49)25-43(34)53-46(35)45(39)47-50(27-30-13-7-6-8-14-30)41-23-31-15-9-10-16-32(31)24-42(41)52(47)48/h6-26,28-29H,27H2,1-5H3/q+2/i29D. The van der Waals surface area contributed by atoms with Crippen LogP contribution in [-0.4, -0.2) is 12.6 Å². The van der Waals surface area contributed by atoms with Crippen LogP contribution in [-0.2, 0) is 12.2 Å². The molecule has 3 aromatic heterocycles. The molecule has 6 aromatic carbocycles. The van der Waals surface area contributed by atoms with Gasteiger partial charge in [0.1, 0.15) is 23.5 Å². The van der Waals surface area contributed by atoms with E-state index in [2.05, 4.69) is 149 Å². The number of aromatic nitrogens is 3. The molecule has 1 spiro atoms. The summed E-state index contributed by atoms with van der Waals surface area (Å²) in [5.74, 6) is -0.0630. The zero-order valence-corrected chi connectivity index (χ0v) is 32.0. The molecule has 9 aromatic rings. The number of nitrogens with zero attached hydrogens (tertiary/aromatic N) is 3. The quantitative estimate of drug-likeness (QED) is 0.131. The number of hydrogen-bond donors (Lipinski definition) is 0. The van der Waals surface area contributed by atoms with E-state index in [-0.39, 0.29) is 5.82 Å². The summed E-state index contributed by atoms with van der Waals surface area (Å²) in [4.78, 5) is 0. The number of fused-ring (bicyclic) bond motifs is 17. The maximum absolute atomic E-state index is 14.8. The van der Waals surface area contributed by atoms with Gasteiger partial charge in [-0.05, 0) is 76.3 Å². The summed E-state index contributed by atoms with van der Waals surface area (Å²) >= 11 is 0. The smallest absolute Gasteiger partial charge is 0.364 e. The lowest BCUT2D eigenvalue weighted by molar-refractivity contribution is -0.734. The lowest BCUT2D eigenvalue weighted by Crippen LogP contribution is -2.61. The van der Waals surface area contributed by atoms with Crippen molar-refractivity contribution in [2.24, 2.45) is 0 Å². The Hall–Kier alpha value is -5.85.